The molecule has 0 saturated carbocycles. The highest BCUT2D eigenvalue weighted by atomic mass is 32.2. The topological polar surface area (TPSA) is 38.3 Å². The second kappa shape index (κ2) is 14.2. The van der Waals surface area contributed by atoms with E-state index < -0.39 is 46.7 Å². The molecular formula is C46H52F2NO2PS. The zero-order valence-corrected chi connectivity index (χ0v) is 34.5. The highest BCUT2D eigenvalue weighted by molar-refractivity contribution is 7.84. The van der Waals surface area contributed by atoms with Gasteiger partial charge in [0.05, 0.1) is 21.8 Å². The number of rotatable bonds is 7. The number of nitrogens with one attached hydrogen (secondary N) is 1. The Morgan fingerprint density at radius 3 is 1.60 bits per heavy atom. The maximum atomic E-state index is 15.0. The Morgan fingerprint density at radius 2 is 1.13 bits per heavy atom. The third kappa shape index (κ3) is 7.93. The Hall–Kier alpha value is -3.70. The molecule has 278 valence electrons. The lowest BCUT2D eigenvalue weighted by Crippen LogP contribution is -2.37. The SMILES string of the molecule is CC(C)(C)c1cc([C@@H](N[S@](=O)C(C)(C)C)c2cc(F)cc(F)c2)c2c(c1)C(C)(C)c1cc(C(C)(C)C)cc(P(c3ccccc3)c3ccccc3)c1O2. The molecule has 1 N–H and O–H groups in total. The molecule has 1 aliphatic heterocycles. The van der Waals surface area contributed by atoms with Crippen molar-refractivity contribution in [3.05, 3.63) is 148 Å². The first-order valence-electron chi connectivity index (χ1n) is 18.3. The normalized spacial score (nSPS) is 15.4. The Kier molecular flexibility index (Phi) is 10.4. The molecule has 1 heterocycles. The monoisotopic (exact) mass is 751 g/mol. The van der Waals surface area contributed by atoms with Gasteiger partial charge in [-0.1, -0.05) is 128 Å². The summed E-state index contributed by atoms with van der Waals surface area (Å²) < 4.78 is 54.0. The summed E-state index contributed by atoms with van der Waals surface area (Å²) in [6, 6.07) is 32.8. The molecule has 0 fully saturated rings. The van der Waals surface area contributed by atoms with Gasteiger partial charge in [0.25, 0.3) is 0 Å². The predicted molar refractivity (Wildman–Crippen MR) is 220 cm³/mol. The van der Waals surface area contributed by atoms with Gasteiger partial charge in [-0.3, -0.25) is 0 Å². The molecule has 0 spiro atoms. The van der Waals surface area contributed by atoms with Crippen LogP contribution in [0.3, 0.4) is 0 Å². The van der Waals surface area contributed by atoms with Crippen LogP contribution in [0, 0.1) is 11.6 Å². The predicted octanol–water partition coefficient (Wildman–Crippen LogP) is 10.9. The van der Waals surface area contributed by atoms with Gasteiger partial charge >= 0.3 is 0 Å². The van der Waals surface area contributed by atoms with Gasteiger partial charge in [-0.25, -0.2) is 17.7 Å². The van der Waals surface area contributed by atoms with Crippen molar-refractivity contribution >= 4 is 34.8 Å². The highest BCUT2D eigenvalue weighted by Gasteiger charge is 2.42. The third-order valence-corrected chi connectivity index (χ3v) is 14.1. The first kappa shape index (κ1) is 39.0. The van der Waals surface area contributed by atoms with Gasteiger partial charge in [-0.2, -0.15) is 0 Å². The quantitative estimate of drug-likeness (QED) is 0.168. The third-order valence-electron chi connectivity index (χ3n) is 10.0. The average Bonchev–Trinajstić information content (AvgIpc) is 3.06. The fraction of sp³-hybridized carbons (Fsp3) is 0.348. The Bertz CT molecular complexity index is 2100. The molecule has 0 amide bonds. The van der Waals surface area contributed by atoms with Crippen LogP contribution in [0.25, 0.3) is 0 Å². The van der Waals surface area contributed by atoms with Crippen LogP contribution in [-0.4, -0.2) is 8.96 Å². The summed E-state index contributed by atoms with van der Waals surface area (Å²) >= 11 is 0. The minimum Gasteiger partial charge on any atom is -0.456 e. The number of fused-ring (bicyclic) bond motifs is 2. The number of ether oxygens (including phenoxy) is 1. The van der Waals surface area contributed by atoms with Crippen LogP contribution < -0.4 is 25.4 Å². The summed E-state index contributed by atoms with van der Waals surface area (Å²) in [7, 11) is -2.67. The minimum absolute atomic E-state index is 0.152. The largest absolute Gasteiger partial charge is 0.456 e. The maximum absolute atomic E-state index is 15.0. The second-order valence-corrected chi connectivity index (χ2v) is 21.9. The van der Waals surface area contributed by atoms with Gasteiger partial charge in [0.15, 0.2) is 0 Å². The zero-order chi connectivity index (χ0) is 38.7. The van der Waals surface area contributed by atoms with E-state index in [0.717, 1.165) is 33.8 Å². The van der Waals surface area contributed by atoms with Gasteiger partial charge in [-0.15, -0.1) is 0 Å². The molecule has 0 saturated heterocycles. The molecular weight excluding hydrogens is 700 g/mol. The average molecular weight is 752 g/mol. The Morgan fingerprint density at radius 1 is 0.660 bits per heavy atom. The number of hydrogen-bond acceptors (Lipinski definition) is 2. The van der Waals surface area contributed by atoms with Crippen LogP contribution >= 0.6 is 7.92 Å². The summed E-state index contributed by atoms with van der Waals surface area (Å²) in [6.07, 6.45) is 0. The van der Waals surface area contributed by atoms with Crippen LogP contribution in [0.5, 0.6) is 11.5 Å². The molecule has 0 aliphatic carbocycles. The molecule has 7 heteroatoms. The van der Waals surface area contributed by atoms with Crippen molar-refractivity contribution in [1.29, 1.82) is 0 Å². The van der Waals surface area contributed by atoms with Gasteiger partial charge in [0.1, 0.15) is 23.1 Å². The molecule has 3 nitrogen and oxygen atoms in total. The fourth-order valence-corrected chi connectivity index (χ4v) is 10.1. The molecule has 0 unspecified atom stereocenters. The lowest BCUT2D eigenvalue weighted by atomic mass is 9.71. The Labute approximate surface area is 318 Å². The van der Waals surface area contributed by atoms with Crippen LogP contribution in [-0.2, 0) is 27.2 Å². The van der Waals surface area contributed by atoms with Crippen molar-refractivity contribution in [2.75, 3.05) is 0 Å². The summed E-state index contributed by atoms with van der Waals surface area (Å²) in [5.41, 5.74) is 4.34. The van der Waals surface area contributed by atoms with Crippen molar-refractivity contribution in [2.45, 2.75) is 103 Å². The fourth-order valence-electron chi connectivity index (χ4n) is 6.83. The van der Waals surface area contributed by atoms with E-state index in [-0.39, 0.29) is 10.8 Å². The molecule has 5 aromatic carbocycles. The summed E-state index contributed by atoms with van der Waals surface area (Å²) in [6.45, 7) is 23.3. The van der Waals surface area contributed by atoms with E-state index in [4.69, 9.17) is 4.74 Å². The molecule has 1 aliphatic rings. The van der Waals surface area contributed by atoms with E-state index in [0.29, 0.717) is 16.9 Å². The first-order valence-corrected chi connectivity index (χ1v) is 20.8. The number of hydrogen-bond donors (Lipinski definition) is 1. The maximum Gasteiger partial charge on any atom is 0.139 e. The van der Waals surface area contributed by atoms with E-state index in [1.54, 1.807) is 0 Å². The van der Waals surface area contributed by atoms with Crippen molar-refractivity contribution < 1.29 is 17.7 Å². The van der Waals surface area contributed by atoms with E-state index in [9.17, 15) is 4.21 Å². The zero-order valence-electron chi connectivity index (χ0n) is 32.8. The van der Waals surface area contributed by atoms with E-state index in [1.807, 2.05) is 32.9 Å². The van der Waals surface area contributed by atoms with Crippen molar-refractivity contribution in [3.63, 3.8) is 0 Å². The van der Waals surface area contributed by atoms with Crippen LogP contribution in [0.1, 0.15) is 116 Å². The molecule has 6 rings (SSSR count). The highest BCUT2D eigenvalue weighted by Crippen LogP contribution is 2.54. The molecule has 53 heavy (non-hydrogen) atoms. The van der Waals surface area contributed by atoms with Gasteiger partial charge < -0.3 is 4.74 Å². The van der Waals surface area contributed by atoms with E-state index >= 15 is 8.78 Å². The van der Waals surface area contributed by atoms with Crippen LogP contribution in [0.4, 0.5) is 8.78 Å². The van der Waals surface area contributed by atoms with E-state index in [1.165, 1.54) is 28.3 Å². The first-order chi connectivity index (χ1) is 24.7. The summed E-state index contributed by atoms with van der Waals surface area (Å²) in [5.74, 6) is 0.00730. The van der Waals surface area contributed by atoms with Crippen molar-refractivity contribution in [3.8, 4) is 11.5 Å². The summed E-state index contributed by atoms with van der Waals surface area (Å²) in [5, 5.41) is 3.50. The molecule has 0 bridgehead atoms. The smallest absolute Gasteiger partial charge is 0.139 e. The standard InChI is InChI=1S/C46H52F2NO2PS/c1-43(2,3)30-24-36(40(49-53(50)45(7,8)9)29-22-32(47)28-33(48)23-29)41-37(25-30)46(10,11)38-26-31(44(4,5)6)27-39(42(38)51-41)52(34-18-14-12-15-19-34)35-20-16-13-17-21-35/h12-28,40,49H,1-11H3/t40-,53+/m0/s1. The molecule has 2 atom stereocenters. The Balaban J connectivity index is 1.71. The number of benzene rings is 5. The van der Waals surface area contributed by atoms with E-state index in [2.05, 4.69) is 133 Å². The lowest BCUT2D eigenvalue weighted by Gasteiger charge is -2.41. The number of halogens is 2. The van der Waals surface area contributed by atoms with Gasteiger partial charge in [0, 0.05) is 33.5 Å². The second-order valence-electron chi connectivity index (χ2n) is 17.7. The summed E-state index contributed by atoms with van der Waals surface area (Å²) in [4.78, 5) is 0. The van der Waals surface area contributed by atoms with Gasteiger partial charge in [0.2, 0.25) is 0 Å². The van der Waals surface area contributed by atoms with Gasteiger partial charge in [-0.05, 0) is 91.1 Å². The van der Waals surface area contributed by atoms with Crippen molar-refractivity contribution in [2.24, 2.45) is 0 Å². The lowest BCUT2D eigenvalue weighted by molar-refractivity contribution is 0.410. The van der Waals surface area contributed by atoms with Crippen molar-refractivity contribution in [1.82, 2.24) is 4.72 Å². The minimum atomic E-state index is -1.60. The van der Waals surface area contributed by atoms with Crippen LogP contribution in [0.15, 0.2) is 103 Å². The van der Waals surface area contributed by atoms with Crippen LogP contribution in [0.2, 0.25) is 0 Å². The molecule has 0 radical (unpaired) electrons. The molecule has 0 aromatic heterocycles. The molecule has 5 aromatic rings.